The Bertz CT molecular complexity index is 1690. The van der Waals surface area contributed by atoms with Crippen molar-refractivity contribution in [3.63, 3.8) is 0 Å². The molecule has 1 aromatic carbocycles. The summed E-state index contributed by atoms with van der Waals surface area (Å²) in [5.41, 5.74) is 4.85. The van der Waals surface area contributed by atoms with Crippen LogP contribution in [-0.2, 0) is 13.1 Å². The van der Waals surface area contributed by atoms with Crippen molar-refractivity contribution in [1.82, 2.24) is 14.1 Å². The number of fused-ring (bicyclic) bond motifs is 2. The highest BCUT2D eigenvalue weighted by Gasteiger charge is 2.28. The van der Waals surface area contributed by atoms with Crippen LogP contribution in [0.2, 0.25) is 0 Å². The van der Waals surface area contributed by atoms with E-state index in [-0.39, 0.29) is 5.56 Å². The van der Waals surface area contributed by atoms with E-state index in [1.54, 1.807) is 10.9 Å². The number of benzene rings is 1. The quantitative estimate of drug-likeness (QED) is 0.452. The summed E-state index contributed by atoms with van der Waals surface area (Å²) in [6.07, 6.45) is 22.9. The van der Waals surface area contributed by atoms with E-state index in [4.69, 9.17) is 16.4 Å². The third-order valence-electron chi connectivity index (χ3n) is 7.91. The first kappa shape index (κ1) is 24.7. The number of rotatable bonds is 5. The number of nitrogens with zero attached hydrogens (tertiary/aromatic N) is 6. The Kier molecular flexibility index (Phi) is 6.73. The van der Waals surface area contributed by atoms with E-state index in [9.17, 15) is 10.1 Å². The lowest BCUT2D eigenvalue weighted by Crippen LogP contribution is -2.32. The molecule has 0 bridgehead atoms. The van der Waals surface area contributed by atoms with E-state index in [0.717, 1.165) is 73.4 Å². The fourth-order valence-electron chi connectivity index (χ4n) is 5.97. The Labute approximate surface area is 228 Å². The average Bonchev–Trinajstić information content (AvgIpc) is 3.15. The van der Waals surface area contributed by atoms with Gasteiger partial charge in [0.25, 0.3) is 5.56 Å². The van der Waals surface area contributed by atoms with Crippen LogP contribution in [0.4, 0.5) is 5.82 Å². The zero-order valence-corrected chi connectivity index (χ0v) is 21.9. The van der Waals surface area contributed by atoms with Gasteiger partial charge in [0.05, 0.1) is 25.1 Å². The van der Waals surface area contributed by atoms with Gasteiger partial charge in [-0.3, -0.25) is 14.4 Å². The van der Waals surface area contributed by atoms with Crippen LogP contribution in [-0.4, -0.2) is 33.4 Å². The van der Waals surface area contributed by atoms with Gasteiger partial charge in [0.15, 0.2) is 0 Å². The minimum atomic E-state index is -0.183. The molecular formula is C32H30N6O. The molecule has 6 rings (SSSR count). The number of piperidine rings is 1. The Morgan fingerprint density at radius 1 is 1.10 bits per heavy atom. The molecule has 1 unspecified atom stereocenters. The lowest BCUT2D eigenvalue weighted by atomic mass is 9.90. The van der Waals surface area contributed by atoms with E-state index in [1.807, 2.05) is 41.1 Å². The van der Waals surface area contributed by atoms with Crippen LogP contribution in [0, 0.1) is 29.6 Å². The SMILES string of the molecule is C#Cc1ccccc1Cn1c(N2CCCCC2)c(C#N)c2ncn(CC3=C4C=CC=CC4CCC=N3)c(=O)c21. The number of hydrogen-bond acceptors (Lipinski definition) is 5. The van der Waals surface area contributed by atoms with E-state index in [0.29, 0.717) is 35.6 Å². The van der Waals surface area contributed by atoms with Gasteiger partial charge in [0.2, 0.25) is 0 Å². The number of allylic oxidation sites excluding steroid dienone is 6. The Balaban J connectivity index is 1.54. The molecule has 7 heteroatoms. The van der Waals surface area contributed by atoms with Crippen LogP contribution in [0.1, 0.15) is 48.8 Å². The van der Waals surface area contributed by atoms with Gasteiger partial charge < -0.3 is 9.47 Å². The molecule has 0 amide bonds. The third-order valence-corrected chi connectivity index (χ3v) is 7.91. The molecule has 1 atom stereocenters. The van der Waals surface area contributed by atoms with Gasteiger partial charge >= 0.3 is 0 Å². The van der Waals surface area contributed by atoms with Crippen molar-refractivity contribution in [2.45, 2.75) is 45.2 Å². The molecule has 194 valence electrons. The number of aromatic nitrogens is 3. The molecule has 0 radical (unpaired) electrons. The predicted octanol–water partition coefficient (Wildman–Crippen LogP) is 4.95. The lowest BCUT2D eigenvalue weighted by Gasteiger charge is -2.30. The van der Waals surface area contributed by atoms with Gasteiger partial charge in [0.1, 0.15) is 28.5 Å². The van der Waals surface area contributed by atoms with Gasteiger partial charge in [0, 0.05) is 30.8 Å². The van der Waals surface area contributed by atoms with E-state index >= 15 is 0 Å². The Hall–Kier alpha value is -4.62. The molecule has 1 fully saturated rings. The highest BCUT2D eigenvalue weighted by Crippen LogP contribution is 2.33. The molecule has 2 aliphatic heterocycles. The summed E-state index contributed by atoms with van der Waals surface area (Å²) in [5.74, 6) is 3.82. The monoisotopic (exact) mass is 514 g/mol. The third kappa shape index (κ3) is 4.51. The lowest BCUT2D eigenvalue weighted by molar-refractivity contribution is 0.564. The average molecular weight is 515 g/mol. The van der Waals surface area contributed by atoms with Crippen LogP contribution >= 0.6 is 0 Å². The van der Waals surface area contributed by atoms with Crippen LogP contribution < -0.4 is 10.5 Å². The molecule has 3 aromatic rings. The first-order valence-corrected chi connectivity index (χ1v) is 13.6. The molecule has 4 heterocycles. The number of aliphatic imine (C=N–C) groups is 1. The zero-order chi connectivity index (χ0) is 26.8. The van der Waals surface area contributed by atoms with Gasteiger partial charge in [-0.25, -0.2) is 4.98 Å². The molecule has 1 saturated heterocycles. The summed E-state index contributed by atoms with van der Waals surface area (Å²) in [6.45, 7) is 2.37. The zero-order valence-electron chi connectivity index (χ0n) is 21.9. The van der Waals surface area contributed by atoms with Gasteiger partial charge in [-0.15, -0.1) is 6.42 Å². The summed E-state index contributed by atoms with van der Waals surface area (Å²) in [5, 5.41) is 10.3. The molecule has 7 nitrogen and oxygen atoms in total. The minimum Gasteiger partial charge on any atom is -0.357 e. The number of anilines is 1. The molecule has 0 saturated carbocycles. The van der Waals surface area contributed by atoms with E-state index < -0.39 is 0 Å². The fourth-order valence-corrected chi connectivity index (χ4v) is 5.97. The maximum absolute atomic E-state index is 14.2. The van der Waals surface area contributed by atoms with Crippen molar-refractivity contribution in [3.8, 4) is 18.4 Å². The summed E-state index contributed by atoms with van der Waals surface area (Å²) < 4.78 is 3.60. The van der Waals surface area contributed by atoms with Crippen LogP contribution in [0.5, 0.6) is 0 Å². The van der Waals surface area contributed by atoms with Gasteiger partial charge in [-0.05, 0) is 49.3 Å². The van der Waals surface area contributed by atoms with E-state index in [1.165, 1.54) is 0 Å². The Morgan fingerprint density at radius 3 is 2.77 bits per heavy atom. The van der Waals surface area contributed by atoms with Crippen molar-refractivity contribution < 1.29 is 0 Å². The van der Waals surface area contributed by atoms with Crippen LogP contribution in [0.15, 0.2) is 76.0 Å². The summed E-state index contributed by atoms with van der Waals surface area (Å²) in [4.78, 5) is 25.9. The minimum absolute atomic E-state index is 0.183. The van der Waals surface area contributed by atoms with Crippen molar-refractivity contribution in [3.05, 3.63) is 93.2 Å². The summed E-state index contributed by atoms with van der Waals surface area (Å²) in [7, 11) is 0. The highest BCUT2D eigenvalue weighted by molar-refractivity contribution is 5.89. The maximum atomic E-state index is 14.2. The molecular weight excluding hydrogens is 484 g/mol. The van der Waals surface area contributed by atoms with Crippen molar-refractivity contribution >= 4 is 23.1 Å². The number of nitriles is 1. The topological polar surface area (TPSA) is 79.2 Å². The van der Waals surface area contributed by atoms with Crippen molar-refractivity contribution in [2.24, 2.45) is 10.9 Å². The van der Waals surface area contributed by atoms with Crippen molar-refractivity contribution in [2.75, 3.05) is 18.0 Å². The fraction of sp³-hybridized carbons (Fsp3) is 0.312. The smallest absolute Gasteiger partial charge is 0.278 e. The van der Waals surface area contributed by atoms with Gasteiger partial charge in [-0.1, -0.05) is 48.4 Å². The summed E-state index contributed by atoms with van der Waals surface area (Å²) in [6, 6.07) is 10.1. The van der Waals surface area contributed by atoms with Crippen molar-refractivity contribution in [1.29, 1.82) is 5.26 Å². The molecule has 3 aliphatic rings. The largest absolute Gasteiger partial charge is 0.357 e. The van der Waals surface area contributed by atoms with E-state index in [2.05, 4.69) is 35.1 Å². The molecule has 0 spiro atoms. The second-order valence-corrected chi connectivity index (χ2v) is 10.3. The Morgan fingerprint density at radius 2 is 1.95 bits per heavy atom. The number of hydrogen-bond donors (Lipinski definition) is 0. The standard InChI is InChI=1S/C32H30N6O/c1-2-23-11-4-5-13-25(23)20-38-30-29(27(19-33)31(38)36-17-8-3-9-18-36)35-22-37(32(30)39)21-28-26-15-7-6-12-24(26)14-10-16-34-28/h1,4-7,11-13,15-16,22,24H,3,8-10,14,17-18,20-21H2. The first-order valence-electron chi connectivity index (χ1n) is 13.6. The number of terminal acetylenes is 1. The molecule has 0 N–H and O–H groups in total. The molecule has 39 heavy (non-hydrogen) atoms. The molecule has 1 aliphatic carbocycles. The second kappa shape index (κ2) is 10.6. The second-order valence-electron chi connectivity index (χ2n) is 10.3. The highest BCUT2D eigenvalue weighted by atomic mass is 16.1. The van der Waals surface area contributed by atoms with Crippen LogP contribution in [0.25, 0.3) is 11.0 Å². The summed E-state index contributed by atoms with van der Waals surface area (Å²) >= 11 is 0. The molecule has 2 aromatic heterocycles. The maximum Gasteiger partial charge on any atom is 0.278 e. The normalized spacial score (nSPS) is 18.6. The predicted molar refractivity (Wildman–Crippen MR) is 155 cm³/mol. The van der Waals surface area contributed by atoms with Crippen LogP contribution in [0.3, 0.4) is 0 Å². The van der Waals surface area contributed by atoms with Gasteiger partial charge in [-0.2, -0.15) is 5.26 Å². The first-order chi connectivity index (χ1) is 19.2.